The first-order chi connectivity index (χ1) is 11.5. The third-order valence-electron chi connectivity index (χ3n) is 4.43. The van der Waals surface area contributed by atoms with Gasteiger partial charge in [-0.3, -0.25) is 0 Å². The van der Waals surface area contributed by atoms with E-state index in [1.54, 1.807) is 0 Å². The average Bonchev–Trinajstić information content (AvgIpc) is 2.55. The molecule has 0 unspecified atom stereocenters. The second kappa shape index (κ2) is 8.50. The Hall–Kier alpha value is -2.33. The van der Waals surface area contributed by atoms with Gasteiger partial charge in [0.2, 0.25) is 0 Å². The maximum atomic E-state index is 9.32. The Bertz CT molecular complexity index is 760. The predicted octanol–water partition coefficient (Wildman–Crippen LogP) is 6.24. The molecule has 0 aliphatic carbocycles. The number of hydrogen-bond acceptors (Lipinski definition) is 1. The van der Waals surface area contributed by atoms with Crippen molar-refractivity contribution in [2.24, 2.45) is 5.92 Å². The summed E-state index contributed by atoms with van der Waals surface area (Å²) in [5.41, 5.74) is 7.32. The zero-order valence-corrected chi connectivity index (χ0v) is 15.3. The Balaban J connectivity index is 2.24. The van der Waals surface area contributed by atoms with Crippen LogP contribution in [0.2, 0.25) is 0 Å². The topological polar surface area (TPSA) is 23.8 Å². The van der Waals surface area contributed by atoms with Crippen molar-refractivity contribution in [3.63, 3.8) is 0 Å². The van der Waals surface area contributed by atoms with Crippen LogP contribution in [0.3, 0.4) is 0 Å². The van der Waals surface area contributed by atoms with Gasteiger partial charge in [-0.2, -0.15) is 5.26 Å². The number of aryl methyl sites for hydroxylation is 2. The summed E-state index contributed by atoms with van der Waals surface area (Å²) in [5.74, 6) is 0.629. The normalized spacial score (nSPS) is 11.6. The Morgan fingerprint density at radius 2 is 1.75 bits per heavy atom. The van der Waals surface area contributed by atoms with E-state index >= 15 is 0 Å². The minimum atomic E-state index is 0.629. The number of benzene rings is 2. The van der Waals surface area contributed by atoms with Crippen LogP contribution >= 0.6 is 0 Å². The zero-order chi connectivity index (χ0) is 17.5. The highest BCUT2D eigenvalue weighted by Gasteiger charge is 2.08. The fraction of sp³-hybridized carbons (Fsp3) is 0.348. The van der Waals surface area contributed by atoms with E-state index in [4.69, 9.17) is 0 Å². The van der Waals surface area contributed by atoms with Crippen molar-refractivity contribution < 1.29 is 0 Å². The van der Waals surface area contributed by atoms with Crippen LogP contribution in [0.25, 0.3) is 5.57 Å². The quantitative estimate of drug-likeness (QED) is 0.619. The van der Waals surface area contributed by atoms with Gasteiger partial charge in [0.1, 0.15) is 0 Å². The molecule has 0 amide bonds. The fourth-order valence-electron chi connectivity index (χ4n) is 3.21. The first-order valence-electron chi connectivity index (χ1n) is 8.76. The number of nitriles is 1. The molecule has 2 aromatic carbocycles. The Kier molecular flexibility index (Phi) is 6.38. The van der Waals surface area contributed by atoms with Gasteiger partial charge < -0.3 is 0 Å². The van der Waals surface area contributed by atoms with Gasteiger partial charge >= 0.3 is 0 Å². The standard InChI is InChI=1S/C23H27N/c1-17(2)15-20(22-13-6-5-9-18(22)3)11-8-14-23-19(4)10-7-12-21(23)16-24/h5-7,9-13,17H,8,14-15H2,1-4H3. The monoisotopic (exact) mass is 317 g/mol. The first kappa shape index (κ1) is 18.0. The van der Waals surface area contributed by atoms with Crippen molar-refractivity contribution in [2.75, 3.05) is 0 Å². The summed E-state index contributed by atoms with van der Waals surface area (Å²) in [6.45, 7) is 8.80. The van der Waals surface area contributed by atoms with Gasteiger partial charge in [-0.15, -0.1) is 0 Å². The van der Waals surface area contributed by atoms with Crippen LogP contribution in [0.4, 0.5) is 0 Å². The van der Waals surface area contributed by atoms with Gasteiger partial charge in [0.25, 0.3) is 0 Å². The summed E-state index contributed by atoms with van der Waals surface area (Å²) >= 11 is 0. The molecule has 0 atom stereocenters. The van der Waals surface area contributed by atoms with Crippen molar-refractivity contribution in [1.29, 1.82) is 5.26 Å². The van der Waals surface area contributed by atoms with E-state index in [0.717, 1.165) is 24.8 Å². The molecule has 0 aliphatic rings. The molecule has 0 spiro atoms. The lowest BCUT2D eigenvalue weighted by Gasteiger charge is -2.14. The van der Waals surface area contributed by atoms with Gasteiger partial charge in [-0.1, -0.05) is 56.3 Å². The third kappa shape index (κ3) is 4.59. The van der Waals surface area contributed by atoms with Gasteiger partial charge in [0.05, 0.1) is 11.6 Å². The predicted molar refractivity (Wildman–Crippen MR) is 103 cm³/mol. The lowest BCUT2D eigenvalue weighted by Crippen LogP contribution is -1.97. The third-order valence-corrected chi connectivity index (χ3v) is 4.43. The minimum Gasteiger partial charge on any atom is -0.192 e. The van der Waals surface area contributed by atoms with Crippen LogP contribution < -0.4 is 0 Å². The Labute approximate surface area is 146 Å². The van der Waals surface area contributed by atoms with Crippen molar-refractivity contribution in [3.05, 3.63) is 76.4 Å². The molecule has 0 fully saturated rings. The molecule has 2 aromatic rings. The van der Waals surface area contributed by atoms with E-state index in [1.807, 2.05) is 12.1 Å². The highest BCUT2D eigenvalue weighted by atomic mass is 14.2. The molecule has 0 heterocycles. The molecule has 1 heteroatoms. The Morgan fingerprint density at radius 1 is 1.04 bits per heavy atom. The maximum Gasteiger partial charge on any atom is 0.0994 e. The van der Waals surface area contributed by atoms with Crippen LogP contribution in [0.1, 0.15) is 54.5 Å². The number of allylic oxidation sites excluding steroid dienone is 2. The molecule has 0 N–H and O–H groups in total. The van der Waals surface area contributed by atoms with Crippen LogP contribution in [0.15, 0.2) is 48.5 Å². The lowest BCUT2D eigenvalue weighted by atomic mass is 9.91. The highest BCUT2D eigenvalue weighted by molar-refractivity contribution is 5.68. The van der Waals surface area contributed by atoms with Crippen LogP contribution in [0, 0.1) is 31.1 Å². The Morgan fingerprint density at radius 3 is 2.42 bits per heavy atom. The molecule has 0 radical (unpaired) electrons. The molecule has 0 saturated heterocycles. The summed E-state index contributed by atoms with van der Waals surface area (Å²) in [5, 5.41) is 9.32. The SMILES string of the molecule is Cc1ccccc1C(=CCCc1c(C)cccc1C#N)CC(C)C. The second-order valence-electron chi connectivity index (χ2n) is 6.89. The molecule has 24 heavy (non-hydrogen) atoms. The number of hydrogen-bond donors (Lipinski definition) is 0. The molecule has 1 nitrogen and oxygen atoms in total. The van der Waals surface area contributed by atoms with E-state index in [2.05, 4.69) is 70.2 Å². The van der Waals surface area contributed by atoms with Gasteiger partial charge in [-0.25, -0.2) is 0 Å². The summed E-state index contributed by atoms with van der Waals surface area (Å²) in [7, 11) is 0. The van der Waals surface area contributed by atoms with E-state index < -0.39 is 0 Å². The van der Waals surface area contributed by atoms with E-state index in [1.165, 1.54) is 27.8 Å². The number of rotatable bonds is 6. The average molecular weight is 317 g/mol. The first-order valence-corrected chi connectivity index (χ1v) is 8.76. The molecular formula is C23H27N. The van der Waals surface area contributed by atoms with Crippen molar-refractivity contribution in [2.45, 2.75) is 47.0 Å². The van der Waals surface area contributed by atoms with Crippen LogP contribution in [0.5, 0.6) is 0 Å². The van der Waals surface area contributed by atoms with E-state index in [9.17, 15) is 5.26 Å². The number of nitrogens with zero attached hydrogens (tertiary/aromatic N) is 1. The molecule has 124 valence electrons. The molecular weight excluding hydrogens is 290 g/mol. The van der Waals surface area contributed by atoms with Gasteiger partial charge in [0, 0.05) is 0 Å². The summed E-state index contributed by atoms with van der Waals surface area (Å²) in [6, 6.07) is 16.9. The lowest BCUT2D eigenvalue weighted by molar-refractivity contribution is 0.672. The van der Waals surface area contributed by atoms with Crippen molar-refractivity contribution >= 4 is 5.57 Å². The van der Waals surface area contributed by atoms with E-state index in [-0.39, 0.29) is 0 Å². The highest BCUT2D eigenvalue weighted by Crippen LogP contribution is 2.26. The zero-order valence-electron chi connectivity index (χ0n) is 15.3. The van der Waals surface area contributed by atoms with Gasteiger partial charge in [0.15, 0.2) is 0 Å². The molecule has 0 saturated carbocycles. The van der Waals surface area contributed by atoms with E-state index in [0.29, 0.717) is 5.92 Å². The molecule has 0 aliphatic heterocycles. The summed E-state index contributed by atoms with van der Waals surface area (Å²) in [4.78, 5) is 0. The minimum absolute atomic E-state index is 0.629. The van der Waals surface area contributed by atoms with Crippen LogP contribution in [-0.2, 0) is 6.42 Å². The maximum absolute atomic E-state index is 9.32. The largest absolute Gasteiger partial charge is 0.192 e. The smallest absolute Gasteiger partial charge is 0.0994 e. The fourth-order valence-corrected chi connectivity index (χ4v) is 3.21. The second-order valence-corrected chi connectivity index (χ2v) is 6.89. The summed E-state index contributed by atoms with van der Waals surface area (Å²) < 4.78 is 0. The molecule has 2 rings (SSSR count). The van der Waals surface area contributed by atoms with Crippen molar-refractivity contribution in [1.82, 2.24) is 0 Å². The molecule has 0 aromatic heterocycles. The molecule has 0 bridgehead atoms. The van der Waals surface area contributed by atoms with Crippen molar-refractivity contribution in [3.8, 4) is 6.07 Å². The van der Waals surface area contributed by atoms with Gasteiger partial charge in [-0.05, 0) is 72.9 Å². The summed E-state index contributed by atoms with van der Waals surface area (Å²) in [6.07, 6.45) is 5.35. The van der Waals surface area contributed by atoms with Crippen LogP contribution in [-0.4, -0.2) is 0 Å².